The van der Waals surface area contributed by atoms with Gasteiger partial charge in [-0.05, 0) is 12.2 Å². The molecule has 1 aliphatic heterocycles. The summed E-state index contributed by atoms with van der Waals surface area (Å²) in [5.74, 6) is 2.19. The zero-order valence-electron chi connectivity index (χ0n) is 16.5. The van der Waals surface area contributed by atoms with E-state index < -0.39 is 8.07 Å². The highest BCUT2D eigenvalue weighted by molar-refractivity contribution is 7.71. The van der Waals surface area contributed by atoms with Crippen molar-refractivity contribution in [1.82, 2.24) is 9.97 Å². The molecule has 0 fully saturated rings. The van der Waals surface area contributed by atoms with E-state index in [1.54, 1.807) is 12.4 Å². The number of aryl methyl sites for hydroxylation is 1. The van der Waals surface area contributed by atoms with E-state index in [9.17, 15) is 4.79 Å². The van der Waals surface area contributed by atoms with Crippen molar-refractivity contribution in [1.29, 1.82) is 0 Å². The number of carbonyl (C=O) groups excluding carboxylic acids is 1. The molecule has 0 saturated carbocycles. The maximum atomic E-state index is 12.0. The fourth-order valence-electron chi connectivity index (χ4n) is 2.84. The molecule has 0 amide bonds. The highest BCUT2D eigenvalue weighted by Gasteiger charge is 2.12. The van der Waals surface area contributed by atoms with Gasteiger partial charge in [-0.2, -0.15) is 0 Å². The second kappa shape index (κ2) is 9.46. The van der Waals surface area contributed by atoms with Gasteiger partial charge in [0.05, 0.1) is 32.1 Å². The van der Waals surface area contributed by atoms with Crippen LogP contribution in [0, 0.1) is 0 Å². The summed E-state index contributed by atoms with van der Waals surface area (Å²) >= 11 is 0. The lowest BCUT2D eigenvalue weighted by Crippen LogP contribution is -2.34. The zero-order valence-corrected chi connectivity index (χ0v) is 17.4. The first-order valence-corrected chi connectivity index (χ1v) is 11.4. The average molecular weight is 418 g/mol. The van der Waals surface area contributed by atoms with Gasteiger partial charge < -0.3 is 4.74 Å². The third kappa shape index (κ3) is 5.19. The van der Waals surface area contributed by atoms with Gasteiger partial charge in [-0.25, -0.2) is 19.5 Å². The molecule has 3 heterocycles. The monoisotopic (exact) mass is 418 g/mol. The average Bonchev–Trinajstić information content (AvgIpc) is 2.98. The second-order valence-corrected chi connectivity index (χ2v) is 8.36. The molecule has 3 aromatic rings. The molecule has 2 aromatic heterocycles. The van der Waals surface area contributed by atoms with Gasteiger partial charge in [0, 0.05) is 17.7 Å². The van der Waals surface area contributed by atoms with Gasteiger partial charge in [0.25, 0.3) is 0 Å². The molecule has 7 nitrogen and oxygen atoms in total. The summed E-state index contributed by atoms with van der Waals surface area (Å²) < 4.78 is 11.7. The van der Waals surface area contributed by atoms with E-state index in [-0.39, 0.29) is 5.97 Å². The summed E-state index contributed by atoms with van der Waals surface area (Å²) in [6, 6.07) is 13.6. The number of aliphatic imine (C=N–C) groups is 1. The molecule has 0 spiro atoms. The zero-order chi connectivity index (χ0) is 20.8. The van der Waals surface area contributed by atoms with Crippen LogP contribution >= 0.6 is 8.07 Å². The van der Waals surface area contributed by atoms with Crippen LogP contribution in [-0.2, 0) is 22.7 Å². The van der Waals surface area contributed by atoms with Crippen LogP contribution in [-0.4, -0.2) is 34.8 Å². The van der Waals surface area contributed by atoms with Crippen molar-refractivity contribution in [2.75, 3.05) is 6.66 Å². The Kier molecular flexibility index (Phi) is 6.30. The van der Waals surface area contributed by atoms with Crippen LogP contribution < -0.4 is 4.57 Å². The number of carbonyl (C=O) groups is 1. The summed E-state index contributed by atoms with van der Waals surface area (Å²) in [5.41, 5.74) is 3.34. The maximum Gasteiger partial charge on any atom is 0.312 e. The van der Waals surface area contributed by atoms with Crippen LogP contribution in [0.15, 0.2) is 70.8 Å². The van der Waals surface area contributed by atoms with Crippen molar-refractivity contribution >= 4 is 32.0 Å². The van der Waals surface area contributed by atoms with Crippen LogP contribution in [0.5, 0.6) is 0 Å². The van der Waals surface area contributed by atoms with Crippen molar-refractivity contribution in [2.45, 2.75) is 19.6 Å². The molecule has 150 valence electrons. The highest BCUT2D eigenvalue weighted by atomic mass is 31.1. The predicted molar refractivity (Wildman–Crippen MR) is 117 cm³/mol. The normalized spacial score (nSPS) is 14.8. The van der Waals surface area contributed by atoms with Gasteiger partial charge in [0.1, 0.15) is 18.7 Å². The number of benzene rings is 1. The van der Waals surface area contributed by atoms with Crippen LogP contribution in [0.2, 0.25) is 0 Å². The predicted octanol–water partition coefficient (Wildman–Crippen LogP) is 3.68. The molecule has 0 N–H and O–H groups in total. The van der Waals surface area contributed by atoms with E-state index in [0.717, 1.165) is 16.8 Å². The number of pyridine rings is 1. The lowest BCUT2D eigenvalue weighted by atomic mass is 10.2. The number of fused-ring (bicyclic) bond motifs is 1. The first kappa shape index (κ1) is 20.0. The van der Waals surface area contributed by atoms with Crippen LogP contribution in [0.4, 0.5) is 5.82 Å². The van der Waals surface area contributed by atoms with Crippen LogP contribution in [0.25, 0.3) is 11.3 Å². The Bertz CT molecular complexity index is 1080. The molecule has 8 heteroatoms. The third-order valence-electron chi connectivity index (χ3n) is 4.49. The topological polar surface area (TPSA) is 80.7 Å². The van der Waals surface area contributed by atoms with Crippen molar-refractivity contribution in [2.24, 2.45) is 9.76 Å². The standard InChI is InChI=1S/C22H21N5O2P/c1-30-16-24-22-20(14-25-30)23-13-19(26-22)18-7-10-27(11-8-18)12-9-21(28)29-15-17-5-3-2-4-6-17/h2-8,10-11,13-14,16H,9,12,15H2,1H3/q+1. The molecule has 30 heavy (non-hydrogen) atoms. The van der Waals surface area contributed by atoms with Crippen molar-refractivity contribution in [3.63, 3.8) is 0 Å². The number of ether oxygens (including phenoxy) is 1. The van der Waals surface area contributed by atoms with E-state index >= 15 is 0 Å². The minimum Gasteiger partial charge on any atom is -0.461 e. The summed E-state index contributed by atoms with van der Waals surface area (Å²) in [7, 11) is -0.602. The Balaban J connectivity index is 1.35. The largest absolute Gasteiger partial charge is 0.461 e. The number of aromatic nitrogens is 3. The third-order valence-corrected chi connectivity index (χ3v) is 5.42. The maximum absolute atomic E-state index is 12.0. The lowest BCUT2D eigenvalue weighted by molar-refractivity contribution is -0.695. The number of rotatable bonds is 6. The number of esters is 1. The Morgan fingerprint density at radius 2 is 1.93 bits per heavy atom. The quantitative estimate of drug-likeness (QED) is 0.347. The molecule has 4 rings (SSSR count). The molecule has 1 atom stereocenters. The van der Waals surface area contributed by atoms with E-state index in [4.69, 9.17) is 4.74 Å². The summed E-state index contributed by atoms with van der Waals surface area (Å²) in [5, 5.41) is 0. The molecule has 1 aliphatic rings. The summed E-state index contributed by atoms with van der Waals surface area (Å²) in [4.78, 5) is 25.4. The minimum atomic E-state index is -0.602. The molecule has 0 aliphatic carbocycles. The molecule has 0 saturated heterocycles. The van der Waals surface area contributed by atoms with E-state index in [1.165, 1.54) is 0 Å². The van der Waals surface area contributed by atoms with Gasteiger partial charge in [-0.1, -0.05) is 30.3 Å². The number of hydrogen-bond donors (Lipinski definition) is 0. The SMILES string of the molecule is CP1C=Nc2nc(-c3cc[n+](CCC(=O)OCc4ccccc4)cc3)cnc2C=N1. The fraction of sp³-hybridized carbons (Fsp3) is 0.182. The smallest absolute Gasteiger partial charge is 0.312 e. The Morgan fingerprint density at radius 1 is 1.13 bits per heavy atom. The molecule has 0 bridgehead atoms. The number of hydrogen-bond acceptors (Lipinski definition) is 6. The lowest BCUT2D eigenvalue weighted by Gasteiger charge is -2.04. The molecule has 0 radical (unpaired) electrons. The van der Waals surface area contributed by atoms with Crippen molar-refractivity contribution in [3.8, 4) is 11.3 Å². The highest BCUT2D eigenvalue weighted by Crippen LogP contribution is 2.32. The number of nitrogens with zero attached hydrogens (tertiary/aromatic N) is 5. The van der Waals surface area contributed by atoms with Crippen molar-refractivity contribution in [3.05, 3.63) is 72.3 Å². The van der Waals surface area contributed by atoms with Crippen LogP contribution in [0.1, 0.15) is 17.7 Å². The van der Waals surface area contributed by atoms with Gasteiger partial charge in [0.15, 0.2) is 24.8 Å². The Labute approximate surface area is 176 Å². The fourth-order valence-corrected chi connectivity index (χ4v) is 3.46. The van der Waals surface area contributed by atoms with Gasteiger partial charge in [-0.15, -0.1) is 0 Å². The molecule has 1 aromatic carbocycles. The summed E-state index contributed by atoms with van der Waals surface area (Å²) in [6.45, 7) is 2.87. The van der Waals surface area contributed by atoms with Gasteiger partial charge in [0.2, 0.25) is 0 Å². The van der Waals surface area contributed by atoms with E-state index in [1.807, 2.05) is 72.0 Å². The van der Waals surface area contributed by atoms with Gasteiger partial charge in [-0.3, -0.25) is 9.56 Å². The molecular formula is C22H21N5O2P+. The summed E-state index contributed by atoms with van der Waals surface area (Å²) in [6.07, 6.45) is 7.61. The van der Waals surface area contributed by atoms with Gasteiger partial charge >= 0.3 is 5.97 Å². The second-order valence-electron chi connectivity index (χ2n) is 6.75. The van der Waals surface area contributed by atoms with E-state index in [2.05, 4.69) is 19.7 Å². The molecule has 1 unspecified atom stereocenters. The van der Waals surface area contributed by atoms with Crippen LogP contribution in [0.3, 0.4) is 0 Å². The Hall–Kier alpha value is -3.31. The molecular weight excluding hydrogens is 397 g/mol. The van der Waals surface area contributed by atoms with E-state index in [0.29, 0.717) is 31.1 Å². The first-order valence-electron chi connectivity index (χ1n) is 9.54. The minimum absolute atomic E-state index is 0.220. The van der Waals surface area contributed by atoms with Crippen molar-refractivity contribution < 1.29 is 14.1 Å². The Morgan fingerprint density at radius 3 is 2.73 bits per heavy atom. The first-order chi connectivity index (χ1) is 14.7.